The van der Waals surface area contributed by atoms with Crippen molar-refractivity contribution in [2.45, 2.75) is 25.8 Å². The summed E-state index contributed by atoms with van der Waals surface area (Å²) in [5, 5.41) is 18.8. The fraction of sp³-hybridized carbons (Fsp3) is 0.250. The topological polar surface area (TPSA) is 75.8 Å². The van der Waals surface area contributed by atoms with Gasteiger partial charge in [-0.15, -0.1) is 11.3 Å². The lowest BCUT2D eigenvalue weighted by atomic mass is 10.0. The fourth-order valence-electron chi connectivity index (χ4n) is 2.57. The lowest BCUT2D eigenvalue weighted by Gasteiger charge is -2.21. The summed E-state index contributed by atoms with van der Waals surface area (Å²) >= 11 is 1.59. The van der Waals surface area contributed by atoms with Crippen LogP contribution >= 0.6 is 11.3 Å². The maximum Gasteiger partial charge on any atom is 0.269 e. The number of nitrogens with zero attached hydrogens (tertiary/aromatic N) is 3. The zero-order chi connectivity index (χ0) is 16.4. The van der Waals surface area contributed by atoms with Gasteiger partial charge in [0.2, 0.25) is 5.91 Å². The molecular formula is C16H15N3O3S. The highest BCUT2D eigenvalue weighted by molar-refractivity contribution is 7.12. The molecular weight excluding hydrogens is 314 g/mol. The van der Waals surface area contributed by atoms with Gasteiger partial charge < -0.3 is 0 Å². The Bertz CT molecular complexity index is 753. The molecule has 2 aromatic rings. The van der Waals surface area contributed by atoms with E-state index in [4.69, 9.17) is 0 Å². The zero-order valence-corrected chi connectivity index (χ0v) is 13.3. The third kappa shape index (κ3) is 3.00. The van der Waals surface area contributed by atoms with E-state index in [1.165, 1.54) is 17.1 Å². The van der Waals surface area contributed by atoms with Crippen molar-refractivity contribution in [3.63, 3.8) is 0 Å². The molecule has 6 nitrogen and oxygen atoms in total. The number of carbonyl (C=O) groups is 1. The van der Waals surface area contributed by atoms with Crippen molar-refractivity contribution in [3.05, 3.63) is 62.3 Å². The van der Waals surface area contributed by atoms with Crippen LogP contribution in [0.4, 0.5) is 5.69 Å². The van der Waals surface area contributed by atoms with Gasteiger partial charge in [0, 0.05) is 25.0 Å². The van der Waals surface area contributed by atoms with E-state index in [1.54, 1.807) is 30.4 Å². The quantitative estimate of drug-likeness (QED) is 0.633. The number of amides is 1. The first-order valence-corrected chi connectivity index (χ1v) is 8.16. The van der Waals surface area contributed by atoms with Crippen molar-refractivity contribution >= 4 is 28.6 Å². The van der Waals surface area contributed by atoms with Crippen molar-refractivity contribution in [3.8, 4) is 0 Å². The Morgan fingerprint density at radius 2 is 2.13 bits per heavy atom. The number of hydrogen-bond acceptors (Lipinski definition) is 5. The summed E-state index contributed by atoms with van der Waals surface area (Å²) < 4.78 is 0. The monoisotopic (exact) mass is 329 g/mol. The van der Waals surface area contributed by atoms with Crippen molar-refractivity contribution in [1.29, 1.82) is 0 Å². The molecule has 0 bridgehead atoms. The summed E-state index contributed by atoms with van der Waals surface area (Å²) in [6.45, 7) is 1.80. The van der Waals surface area contributed by atoms with Crippen LogP contribution in [0.5, 0.6) is 0 Å². The Hall–Kier alpha value is -2.54. The predicted octanol–water partition coefficient (Wildman–Crippen LogP) is 3.74. The van der Waals surface area contributed by atoms with E-state index in [0.29, 0.717) is 12.8 Å². The summed E-state index contributed by atoms with van der Waals surface area (Å²) in [7, 11) is 0. The van der Waals surface area contributed by atoms with Crippen LogP contribution in [0, 0.1) is 10.1 Å². The molecule has 1 aromatic heterocycles. The lowest BCUT2D eigenvalue weighted by molar-refractivity contribution is -0.384. The van der Waals surface area contributed by atoms with E-state index in [2.05, 4.69) is 5.10 Å². The SMILES string of the molecule is CCC(=O)N1N=C(c2cccs2)CC1c1ccc([N+](=O)[O-])cc1. The second kappa shape index (κ2) is 6.29. The van der Waals surface area contributed by atoms with E-state index in [0.717, 1.165) is 16.2 Å². The van der Waals surface area contributed by atoms with Gasteiger partial charge >= 0.3 is 0 Å². The van der Waals surface area contributed by atoms with Gasteiger partial charge in [-0.1, -0.05) is 25.1 Å². The van der Waals surface area contributed by atoms with Crippen LogP contribution in [0.1, 0.15) is 36.2 Å². The largest absolute Gasteiger partial charge is 0.273 e. The summed E-state index contributed by atoms with van der Waals surface area (Å²) in [6.07, 6.45) is 0.981. The molecule has 1 aromatic carbocycles. The molecule has 1 unspecified atom stereocenters. The number of nitro groups is 1. The van der Waals surface area contributed by atoms with E-state index in [-0.39, 0.29) is 17.6 Å². The molecule has 0 radical (unpaired) electrons. The van der Waals surface area contributed by atoms with Gasteiger partial charge in [0.25, 0.3) is 5.69 Å². The number of thiophene rings is 1. The van der Waals surface area contributed by atoms with Crippen LogP contribution in [0.25, 0.3) is 0 Å². The van der Waals surface area contributed by atoms with E-state index < -0.39 is 4.92 Å². The maximum atomic E-state index is 12.2. The minimum atomic E-state index is -0.430. The summed E-state index contributed by atoms with van der Waals surface area (Å²) in [5.41, 5.74) is 1.78. The van der Waals surface area contributed by atoms with Crippen LogP contribution in [0.15, 0.2) is 46.9 Å². The van der Waals surface area contributed by atoms with E-state index >= 15 is 0 Å². The Morgan fingerprint density at radius 3 is 2.70 bits per heavy atom. The summed E-state index contributed by atoms with van der Waals surface area (Å²) in [6, 6.07) is 10.1. The molecule has 118 valence electrons. The van der Waals surface area contributed by atoms with E-state index in [9.17, 15) is 14.9 Å². The minimum absolute atomic E-state index is 0.0412. The maximum absolute atomic E-state index is 12.2. The molecule has 23 heavy (non-hydrogen) atoms. The van der Waals surface area contributed by atoms with Crippen molar-refractivity contribution in [2.75, 3.05) is 0 Å². The molecule has 0 N–H and O–H groups in total. The molecule has 7 heteroatoms. The Morgan fingerprint density at radius 1 is 1.39 bits per heavy atom. The predicted molar refractivity (Wildman–Crippen MR) is 88.4 cm³/mol. The molecule has 3 rings (SSSR count). The van der Waals surface area contributed by atoms with Gasteiger partial charge in [-0.3, -0.25) is 14.9 Å². The molecule has 1 atom stereocenters. The van der Waals surface area contributed by atoms with Gasteiger partial charge in [-0.2, -0.15) is 5.10 Å². The van der Waals surface area contributed by atoms with Crippen LogP contribution < -0.4 is 0 Å². The Labute approximate surface area is 137 Å². The fourth-order valence-corrected chi connectivity index (χ4v) is 3.29. The van der Waals surface area contributed by atoms with Crippen molar-refractivity contribution in [2.24, 2.45) is 5.10 Å². The molecule has 0 saturated heterocycles. The first-order chi connectivity index (χ1) is 11.1. The summed E-state index contributed by atoms with van der Waals surface area (Å²) in [5.74, 6) is -0.0556. The standard InChI is InChI=1S/C16H15N3O3S/c1-2-16(20)18-14(10-13(17-18)15-4-3-9-23-15)11-5-7-12(8-6-11)19(21)22/h3-9,14H,2,10H2,1H3. The molecule has 0 fully saturated rings. The van der Waals surface area contributed by atoms with Gasteiger partial charge in [-0.25, -0.2) is 5.01 Å². The second-order valence-electron chi connectivity index (χ2n) is 5.18. The first-order valence-electron chi connectivity index (χ1n) is 7.28. The number of rotatable bonds is 4. The highest BCUT2D eigenvalue weighted by Crippen LogP contribution is 2.34. The third-order valence-corrected chi connectivity index (χ3v) is 4.68. The smallest absolute Gasteiger partial charge is 0.269 e. The molecule has 1 aliphatic heterocycles. The van der Waals surface area contributed by atoms with E-state index in [1.807, 2.05) is 17.5 Å². The molecule has 0 saturated carbocycles. The minimum Gasteiger partial charge on any atom is -0.273 e. The molecule has 0 spiro atoms. The number of carbonyl (C=O) groups excluding carboxylic acids is 1. The average Bonchev–Trinajstić information content (AvgIpc) is 3.23. The summed E-state index contributed by atoms with van der Waals surface area (Å²) in [4.78, 5) is 23.6. The number of hydrazone groups is 1. The normalized spacial score (nSPS) is 17.2. The first kappa shape index (κ1) is 15.4. The second-order valence-corrected chi connectivity index (χ2v) is 6.13. The van der Waals surface area contributed by atoms with Gasteiger partial charge in [0.15, 0.2) is 0 Å². The highest BCUT2D eigenvalue weighted by atomic mass is 32.1. The third-order valence-electron chi connectivity index (χ3n) is 3.76. The number of benzene rings is 1. The molecule has 0 aliphatic carbocycles. The lowest BCUT2D eigenvalue weighted by Crippen LogP contribution is -2.26. The van der Waals surface area contributed by atoms with Crippen molar-refractivity contribution in [1.82, 2.24) is 5.01 Å². The van der Waals surface area contributed by atoms with Crippen LogP contribution in [-0.4, -0.2) is 21.6 Å². The molecule has 1 aliphatic rings. The van der Waals surface area contributed by atoms with Crippen molar-refractivity contribution < 1.29 is 9.72 Å². The average molecular weight is 329 g/mol. The highest BCUT2D eigenvalue weighted by Gasteiger charge is 2.32. The number of hydrogen-bond donors (Lipinski definition) is 0. The van der Waals surface area contributed by atoms with Gasteiger partial charge in [0.05, 0.1) is 21.6 Å². The Balaban J connectivity index is 1.91. The molecule has 2 heterocycles. The van der Waals surface area contributed by atoms with Crippen LogP contribution in [0.2, 0.25) is 0 Å². The Kier molecular flexibility index (Phi) is 4.20. The zero-order valence-electron chi connectivity index (χ0n) is 12.5. The number of non-ortho nitro benzene ring substituents is 1. The van der Waals surface area contributed by atoms with Crippen LogP contribution in [0.3, 0.4) is 0 Å². The van der Waals surface area contributed by atoms with Gasteiger partial charge in [0.1, 0.15) is 0 Å². The van der Waals surface area contributed by atoms with Gasteiger partial charge in [-0.05, 0) is 17.0 Å². The molecule has 1 amide bonds. The van der Waals surface area contributed by atoms with Crippen LogP contribution in [-0.2, 0) is 4.79 Å². The number of nitro benzene ring substituents is 1.